The number of para-hydroxylation sites is 1. The van der Waals surface area contributed by atoms with Crippen LogP contribution in [-0.4, -0.2) is 34.2 Å². The van der Waals surface area contributed by atoms with E-state index in [1.165, 1.54) is 12.8 Å². The molecule has 124 valence electrons. The normalized spacial score (nSPS) is 18.4. The van der Waals surface area contributed by atoms with Crippen LogP contribution in [0.25, 0.3) is 0 Å². The maximum absolute atomic E-state index is 9.02. The quantitative estimate of drug-likeness (QED) is 0.804. The third kappa shape index (κ3) is 4.77. The van der Waals surface area contributed by atoms with Crippen molar-refractivity contribution in [2.45, 2.75) is 44.9 Å². The summed E-state index contributed by atoms with van der Waals surface area (Å²) in [4.78, 5) is 7.21. The number of likely N-dealkylation sites (tertiary alicyclic amines) is 1. The number of nitrogens with zero attached hydrogens (tertiary/aromatic N) is 2. The van der Waals surface area contributed by atoms with E-state index in [9.17, 15) is 0 Å². The SMILES string of the molecule is OCCCC1CCCN1Cc1csc(COc2ccccc2)n1. The van der Waals surface area contributed by atoms with E-state index in [1.807, 2.05) is 30.3 Å². The van der Waals surface area contributed by atoms with Crippen molar-refractivity contribution >= 4 is 11.3 Å². The first-order valence-corrected chi connectivity index (χ1v) is 9.19. The Kier molecular flexibility index (Phi) is 6.02. The lowest BCUT2D eigenvalue weighted by Crippen LogP contribution is -2.29. The van der Waals surface area contributed by atoms with Gasteiger partial charge in [-0.3, -0.25) is 4.90 Å². The molecule has 0 saturated carbocycles. The van der Waals surface area contributed by atoms with Crippen LogP contribution in [0.4, 0.5) is 0 Å². The average Bonchev–Trinajstić information content (AvgIpc) is 3.22. The fraction of sp³-hybridized carbons (Fsp3) is 0.500. The van der Waals surface area contributed by atoms with Crippen molar-refractivity contribution in [3.63, 3.8) is 0 Å². The van der Waals surface area contributed by atoms with E-state index in [1.54, 1.807) is 11.3 Å². The molecule has 1 aromatic carbocycles. The Bertz CT molecular complexity index is 588. The van der Waals surface area contributed by atoms with Gasteiger partial charge in [0.1, 0.15) is 17.4 Å². The molecule has 1 unspecified atom stereocenters. The lowest BCUT2D eigenvalue weighted by atomic mass is 10.1. The highest BCUT2D eigenvalue weighted by Crippen LogP contribution is 2.24. The van der Waals surface area contributed by atoms with Crippen LogP contribution in [0.5, 0.6) is 5.75 Å². The summed E-state index contributed by atoms with van der Waals surface area (Å²) < 4.78 is 5.76. The second kappa shape index (κ2) is 8.43. The van der Waals surface area contributed by atoms with Gasteiger partial charge in [-0.2, -0.15) is 0 Å². The first-order chi connectivity index (χ1) is 11.3. The molecule has 1 fully saturated rings. The third-order valence-corrected chi connectivity index (χ3v) is 5.14. The molecule has 1 aliphatic rings. The Morgan fingerprint density at radius 2 is 2.17 bits per heavy atom. The minimum absolute atomic E-state index is 0.294. The summed E-state index contributed by atoms with van der Waals surface area (Å²) in [5, 5.41) is 12.2. The number of hydrogen-bond donors (Lipinski definition) is 1. The molecule has 4 nitrogen and oxygen atoms in total. The summed E-state index contributed by atoms with van der Waals surface area (Å²) in [6.45, 7) is 2.88. The van der Waals surface area contributed by atoms with E-state index in [4.69, 9.17) is 14.8 Å². The van der Waals surface area contributed by atoms with Gasteiger partial charge in [-0.15, -0.1) is 11.3 Å². The van der Waals surface area contributed by atoms with Crippen molar-refractivity contribution in [3.8, 4) is 5.75 Å². The molecule has 0 spiro atoms. The Hall–Kier alpha value is -1.43. The number of ether oxygens (including phenoxy) is 1. The summed E-state index contributed by atoms with van der Waals surface area (Å²) in [6.07, 6.45) is 4.48. The highest BCUT2D eigenvalue weighted by atomic mass is 32.1. The van der Waals surface area contributed by atoms with Gasteiger partial charge in [0.25, 0.3) is 0 Å². The smallest absolute Gasteiger partial charge is 0.140 e. The van der Waals surface area contributed by atoms with Gasteiger partial charge in [0.15, 0.2) is 0 Å². The lowest BCUT2D eigenvalue weighted by molar-refractivity contribution is 0.208. The van der Waals surface area contributed by atoms with Gasteiger partial charge in [-0.1, -0.05) is 18.2 Å². The number of aromatic nitrogens is 1. The monoisotopic (exact) mass is 332 g/mol. The summed E-state index contributed by atoms with van der Waals surface area (Å²) in [5.41, 5.74) is 1.14. The minimum Gasteiger partial charge on any atom is -0.486 e. The van der Waals surface area contributed by atoms with Gasteiger partial charge in [-0.25, -0.2) is 4.98 Å². The summed E-state index contributed by atoms with van der Waals surface area (Å²) in [5.74, 6) is 0.882. The number of hydrogen-bond acceptors (Lipinski definition) is 5. The molecular formula is C18H24N2O2S. The van der Waals surface area contributed by atoms with E-state index in [2.05, 4.69) is 10.3 Å². The number of aliphatic hydroxyl groups is 1. The van der Waals surface area contributed by atoms with Gasteiger partial charge < -0.3 is 9.84 Å². The first kappa shape index (κ1) is 16.4. The fourth-order valence-corrected chi connectivity index (χ4v) is 3.81. The van der Waals surface area contributed by atoms with Crippen molar-refractivity contribution in [3.05, 3.63) is 46.4 Å². The van der Waals surface area contributed by atoms with Crippen LogP contribution in [-0.2, 0) is 13.2 Å². The number of thiazole rings is 1. The van der Waals surface area contributed by atoms with Crippen LogP contribution in [0.2, 0.25) is 0 Å². The summed E-state index contributed by atoms with van der Waals surface area (Å²) in [7, 11) is 0. The molecule has 3 rings (SSSR count). The van der Waals surface area contributed by atoms with Gasteiger partial charge in [-0.05, 0) is 44.4 Å². The molecule has 23 heavy (non-hydrogen) atoms. The zero-order valence-electron chi connectivity index (χ0n) is 13.4. The van der Waals surface area contributed by atoms with E-state index in [-0.39, 0.29) is 0 Å². The summed E-state index contributed by atoms with van der Waals surface area (Å²) in [6, 6.07) is 10.5. The van der Waals surface area contributed by atoms with Crippen molar-refractivity contribution in [1.82, 2.24) is 9.88 Å². The highest BCUT2D eigenvalue weighted by molar-refractivity contribution is 7.09. The Balaban J connectivity index is 1.50. The Morgan fingerprint density at radius 1 is 1.30 bits per heavy atom. The van der Waals surface area contributed by atoms with Gasteiger partial charge in [0.05, 0.1) is 5.69 Å². The fourth-order valence-electron chi connectivity index (χ4n) is 3.11. The predicted octanol–water partition coefficient (Wildman–Crippen LogP) is 3.46. The largest absolute Gasteiger partial charge is 0.486 e. The molecule has 0 aliphatic carbocycles. The van der Waals surface area contributed by atoms with E-state index in [0.29, 0.717) is 19.3 Å². The molecule has 1 saturated heterocycles. The number of rotatable bonds is 8. The van der Waals surface area contributed by atoms with Crippen LogP contribution in [0, 0.1) is 0 Å². The molecule has 0 amide bonds. The standard InChI is InChI=1S/C18H24N2O2S/c21-11-5-7-16-6-4-10-20(16)12-15-14-23-18(19-15)13-22-17-8-2-1-3-9-17/h1-3,8-9,14,16,21H,4-7,10-13H2. The van der Waals surface area contributed by atoms with Crippen molar-refractivity contribution in [2.75, 3.05) is 13.2 Å². The van der Waals surface area contributed by atoms with Crippen molar-refractivity contribution in [1.29, 1.82) is 0 Å². The van der Waals surface area contributed by atoms with Crippen molar-refractivity contribution in [2.24, 2.45) is 0 Å². The Morgan fingerprint density at radius 3 is 3.00 bits per heavy atom. The molecule has 2 aromatic rings. The number of aliphatic hydroxyl groups excluding tert-OH is 1. The zero-order chi connectivity index (χ0) is 15.9. The molecule has 5 heteroatoms. The van der Waals surface area contributed by atoms with Crippen LogP contribution in [0.3, 0.4) is 0 Å². The van der Waals surface area contributed by atoms with Crippen LogP contribution < -0.4 is 4.74 Å². The maximum atomic E-state index is 9.02. The molecular weight excluding hydrogens is 308 g/mol. The van der Waals surface area contributed by atoms with Gasteiger partial charge in [0.2, 0.25) is 0 Å². The number of benzene rings is 1. The van der Waals surface area contributed by atoms with E-state index < -0.39 is 0 Å². The van der Waals surface area contributed by atoms with Gasteiger partial charge >= 0.3 is 0 Å². The van der Waals surface area contributed by atoms with Crippen LogP contribution in [0.1, 0.15) is 36.4 Å². The molecule has 1 aromatic heterocycles. The third-order valence-electron chi connectivity index (χ3n) is 4.26. The summed E-state index contributed by atoms with van der Waals surface area (Å²) >= 11 is 1.67. The molecule has 2 heterocycles. The second-order valence-corrected chi connectivity index (χ2v) is 6.91. The highest BCUT2D eigenvalue weighted by Gasteiger charge is 2.24. The molecule has 0 radical (unpaired) electrons. The van der Waals surface area contributed by atoms with Crippen molar-refractivity contribution < 1.29 is 9.84 Å². The first-order valence-electron chi connectivity index (χ1n) is 8.31. The van der Waals surface area contributed by atoms with Crippen LogP contribution >= 0.6 is 11.3 Å². The molecule has 1 atom stereocenters. The van der Waals surface area contributed by atoms with E-state index in [0.717, 1.165) is 42.4 Å². The second-order valence-electron chi connectivity index (χ2n) is 5.97. The van der Waals surface area contributed by atoms with E-state index >= 15 is 0 Å². The molecule has 1 N–H and O–H groups in total. The zero-order valence-corrected chi connectivity index (χ0v) is 14.2. The van der Waals surface area contributed by atoms with Crippen LogP contribution in [0.15, 0.2) is 35.7 Å². The minimum atomic E-state index is 0.294. The Labute approximate surface area is 141 Å². The molecule has 1 aliphatic heterocycles. The molecule has 0 bridgehead atoms. The average molecular weight is 332 g/mol. The van der Waals surface area contributed by atoms with Gasteiger partial charge in [0, 0.05) is 24.6 Å². The lowest BCUT2D eigenvalue weighted by Gasteiger charge is -2.23. The predicted molar refractivity (Wildman–Crippen MR) is 92.6 cm³/mol. The maximum Gasteiger partial charge on any atom is 0.140 e. The topological polar surface area (TPSA) is 45.6 Å².